The van der Waals surface area contributed by atoms with Gasteiger partial charge < -0.3 is 14.3 Å². The Bertz CT molecular complexity index is 210. The van der Waals surface area contributed by atoms with Crippen LogP contribution in [0.15, 0.2) is 0 Å². The molecule has 0 saturated carbocycles. The maximum Gasteiger partial charge on any atom is 0.302 e. The van der Waals surface area contributed by atoms with E-state index in [2.05, 4.69) is 0 Å². The number of unbranched alkanes of at least 4 members (excludes halogenated alkanes) is 1. The van der Waals surface area contributed by atoms with Gasteiger partial charge in [-0.2, -0.15) is 0 Å². The van der Waals surface area contributed by atoms with E-state index in [0.717, 1.165) is 37.6 Å². The van der Waals surface area contributed by atoms with Crippen molar-refractivity contribution in [2.45, 2.75) is 33.1 Å². The SMILES string of the molecule is CC(=O)CCCCOCCSSCCOC(C)=O. The molecule has 0 unspecified atom stereocenters. The number of carbonyl (C=O) groups is 2. The fourth-order valence-corrected chi connectivity index (χ4v) is 2.80. The molecule has 0 fully saturated rings. The summed E-state index contributed by atoms with van der Waals surface area (Å²) in [6.45, 7) is 4.96. The van der Waals surface area contributed by atoms with Crippen LogP contribution in [-0.4, -0.2) is 43.1 Å². The summed E-state index contributed by atoms with van der Waals surface area (Å²) in [5, 5.41) is 0. The molecule has 0 atom stereocenters. The lowest BCUT2D eigenvalue weighted by molar-refractivity contribution is -0.140. The highest BCUT2D eigenvalue weighted by atomic mass is 33.1. The summed E-state index contributed by atoms with van der Waals surface area (Å²) in [6.07, 6.45) is 2.52. The van der Waals surface area contributed by atoms with Gasteiger partial charge in [0.1, 0.15) is 12.4 Å². The molecule has 0 aromatic heterocycles. The van der Waals surface area contributed by atoms with Crippen LogP contribution in [0.5, 0.6) is 0 Å². The number of ketones is 1. The smallest absolute Gasteiger partial charge is 0.302 e. The number of esters is 1. The number of Topliss-reactive ketones (excluding diaryl/α,β-unsaturated/α-hetero) is 1. The number of carbonyl (C=O) groups excluding carboxylic acids is 2. The van der Waals surface area contributed by atoms with E-state index in [-0.39, 0.29) is 11.8 Å². The Morgan fingerprint density at radius 3 is 2.22 bits per heavy atom. The van der Waals surface area contributed by atoms with E-state index in [0.29, 0.717) is 13.0 Å². The summed E-state index contributed by atoms with van der Waals surface area (Å²) < 4.78 is 10.2. The maximum atomic E-state index is 10.7. The minimum atomic E-state index is -0.227. The molecule has 0 aromatic rings. The van der Waals surface area contributed by atoms with Crippen molar-refractivity contribution < 1.29 is 19.1 Å². The lowest BCUT2D eigenvalue weighted by Crippen LogP contribution is -2.02. The quantitative estimate of drug-likeness (QED) is 0.313. The van der Waals surface area contributed by atoms with Gasteiger partial charge in [0, 0.05) is 31.5 Å². The Hall–Kier alpha value is -0.200. The molecule has 0 aromatic carbocycles. The largest absolute Gasteiger partial charge is 0.465 e. The molecule has 0 radical (unpaired) electrons. The van der Waals surface area contributed by atoms with Crippen molar-refractivity contribution in [3.05, 3.63) is 0 Å². The third kappa shape index (κ3) is 15.8. The number of hydrogen-bond acceptors (Lipinski definition) is 6. The van der Waals surface area contributed by atoms with E-state index in [1.54, 1.807) is 28.5 Å². The molecule has 0 N–H and O–H groups in total. The van der Waals surface area contributed by atoms with Gasteiger partial charge in [0.2, 0.25) is 0 Å². The van der Waals surface area contributed by atoms with Gasteiger partial charge in [-0.15, -0.1) is 0 Å². The van der Waals surface area contributed by atoms with E-state index in [1.165, 1.54) is 6.92 Å². The molecule has 0 aliphatic rings. The normalized spacial score (nSPS) is 10.3. The van der Waals surface area contributed by atoms with Crippen molar-refractivity contribution in [3.8, 4) is 0 Å². The zero-order valence-electron chi connectivity index (χ0n) is 11.1. The number of ether oxygens (including phenoxy) is 2. The summed E-state index contributed by atoms with van der Waals surface area (Å²) >= 11 is 0. The van der Waals surface area contributed by atoms with Crippen molar-refractivity contribution in [2.75, 3.05) is 31.3 Å². The first kappa shape index (κ1) is 17.8. The first-order chi connectivity index (χ1) is 8.63. The summed E-state index contributed by atoms with van der Waals surface area (Å²) in [5.74, 6) is 1.75. The van der Waals surface area contributed by atoms with Crippen LogP contribution in [0.3, 0.4) is 0 Å². The van der Waals surface area contributed by atoms with Gasteiger partial charge >= 0.3 is 5.97 Å². The van der Waals surface area contributed by atoms with Gasteiger partial charge in [-0.25, -0.2) is 0 Å². The average Bonchev–Trinajstić information content (AvgIpc) is 2.29. The molecule has 0 bridgehead atoms. The second-order valence-corrected chi connectivity index (χ2v) is 6.46. The van der Waals surface area contributed by atoms with Crippen LogP contribution in [0.4, 0.5) is 0 Å². The Labute approximate surface area is 117 Å². The fourth-order valence-electron chi connectivity index (χ4n) is 1.11. The average molecular weight is 294 g/mol. The molecule has 106 valence electrons. The Morgan fingerprint density at radius 2 is 1.61 bits per heavy atom. The van der Waals surface area contributed by atoms with Crippen molar-refractivity contribution in [1.29, 1.82) is 0 Å². The molecule has 0 amide bonds. The minimum absolute atomic E-state index is 0.227. The Morgan fingerprint density at radius 1 is 0.944 bits per heavy atom. The van der Waals surface area contributed by atoms with Crippen molar-refractivity contribution in [1.82, 2.24) is 0 Å². The predicted molar refractivity (Wildman–Crippen MR) is 76.9 cm³/mol. The Kier molecular flexibility index (Phi) is 13.1. The van der Waals surface area contributed by atoms with Crippen LogP contribution in [0, 0.1) is 0 Å². The van der Waals surface area contributed by atoms with E-state index < -0.39 is 0 Å². The van der Waals surface area contributed by atoms with Crippen molar-refractivity contribution in [2.24, 2.45) is 0 Å². The van der Waals surface area contributed by atoms with Crippen molar-refractivity contribution >= 4 is 33.3 Å². The third-order valence-corrected chi connectivity index (χ3v) is 4.27. The highest BCUT2D eigenvalue weighted by Crippen LogP contribution is 2.20. The molecule has 0 rings (SSSR count). The van der Waals surface area contributed by atoms with Gasteiger partial charge in [-0.1, -0.05) is 21.6 Å². The Balaban J connectivity index is 2.99. The maximum absolute atomic E-state index is 10.7. The van der Waals surface area contributed by atoms with E-state index in [1.807, 2.05) is 0 Å². The molecule has 0 saturated heterocycles. The summed E-state index contributed by atoms with van der Waals surface area (Å²) in [6, 6.07) is 0. The third-order valence-electron chi connectivity index (χ3n) is 1.93. The first-order valence-electron chi connectivity index (χ1n) is 6.08. The minimum Gasteiger partial charge on any atom is -0.465 e. The molecular formula is C12H22O4S2. The van der Waals surface area contributed by atoms with E-state index in [4.69, 9.17) is 9.47 Å². The van der Waals surface area contributed by atoms with Crippen LogP contribution in [0.2, 0.25) is 0 Å². The van der Waals surface area contributed by atoms with Crippen LogP contribution >= 0.6 is 21.6 Å². The molecule has 0 aliphatic heterocycles. The van der Waals surface area contributed by atoms with Gasteiger partial charge in [-0.3, -0.25) is 4.79 Å². The zero-order chi connectivity index (χ0) is 13.6. The van der Waals surface area contributed by atoms with Gasteiger partial charge in [0.25, 0.3) is 0 Å². The second-order valence-electron chi connectivity index (χ2n) is 3.76. The highest BCUT2D eigenvalue weighted by molar-refractivity contribution is 8.76. The van der Waals surface area contributed by atoms with Crippen LogP contribution in [0.1, 0.15) is 33.1 Å². The molecule has 0 heterocycles. The molecule has 0 spiro atoms. The molecule has 18 heavy (non-hydrogen) atoms. The monoisotopic (exact) mass is 294 g/mol. The summed E-state index contributed by atoms with van der Waals surface area (Å²) in [4.78, 5) is 21.1. The predicted octanol–water partition coefficient (Wildman–Crippen LogP) is 2.71. The molecule has 4 nitrogen and oxygen atoms in total. The first-order valence-corrected chi connectivity index (χ1v) is 8.56. The van der Waals surface area contributed by atoms with Gasteiger partial charge in [-0.05, 0) is 19.8 Å². The second kappa shape index (κ2) is 13.2. The van der Waals surface area contributed by atoms with Crippen LogP contribution in [0.25, 0.3) is 0 Å². The standard InChI is InChI=1S/C12H22O4S2/c1-11(13)5-3-4-6-15-7-9-17-18-10-8-16-12(2)14/h3-10H2,1-2H3. The van der Waals surface area contributed by atoms with Crippen molar-refractivity contribution in [3.63, 3.8) is 0 Å². The lowest BCUT2D eigenvalue weighted by Gasteiger charge is -2.04. The van der Waals surface area contributed by atoms with E-state index in [9.17, 15) is 9.59 Å². The summed E-state index contributed by atoms with van der Waals surface area (Å²) in [5.41, 5.74) is 0. The summed E-state index contributed by atoms with van der Waals surface area (Å²) in [7, 11) is 3.40. The lowest BCUT2D eigenvalue weighted by atomic mass is 10.2. The van der Waals surface area contributed by atoms with Crippen LogP contribution < -0.4 is 0 Å². The molecule has 0 aliphatic carbocycles. The van der Waals surface area contributed by atoms with Gasteiger partial charge in [0.05, 0.1) is 6.61 Å². The van der Waals surface area contributed by atoms with Crippen LogP contribution in [-0.2, 0) is 19.1 Å². The topological polar surface area (TPSA) is 52.6 Å². The fraction of sp³-hybridized carbons (Fsp3) is 0.833. The molecule has 6 heteroatoms. The van der Waals surface area contributed by atoms with E-state index >= 15 is 0 Å². The number of hydrogen-bond donors (Lipinski definition) is 0. The number of rotatable bonds is 12. The molecular weight excluding hydrogens is 272 g/mol. The highest BCUT2D eigenvalue weighted by Gasteiger charge is 1.96. The zero-order valence-corrected chi connectivity index (χ0v) is 12.7. The van der Waals surface area contributed by atoms with Gasteiger partial charge in [0.15, 0.2) is 0 Å².